The molecule has 19 heavy (non-hydrogen) atoms. The lowest BCUT2D eigenvalue weighted by molar-refractivity contribution is 0.573. The van der Waals surface area contributed by atoms with E-state index in [1.54, 1.807) is 0 Å². The number of alkyl halides is 1. The highest BCUT2D eigenvalue weighted by atomic mass is 35.5. The second-order valence-corrected chi connectivity index (χ2v) is 5.29. The quantitative estimate of drug-likeness (QED) is 0.659. The summed E-state index contributed by atoms with van der Waals surface area (Å²) >= 11 is 6.26. The molecule has 2 aromatic carbocycles. The molecule has 0 nitrogen and oxygen atoms in total. The van der Waals surface area contributed by atoms with Crippen LogP contribution in [0.25, 0.3) is 0 Å². The Labute approximate surface area is 117 Å². The molecule has 2 aromatic rings. The van der Waals surface area contributed by atoms with E-state index >= 15 is 0 Å². The zero-order valence-corrected chi connectivity index (χ0v) is 11.6. The molecule has 0 aliphatic rings. The Hall–Kier alpha value is -1.41. The van der Waals surface area contributed by atoms with Crippen LogP contribution >= 0.6 is 11.6 Å². The van der Waals surface area contributed by atoms with Crippen molar-refractivity contribution < 1.29 is 8.78 Å². The van der Waals surface area contributed by atoms with E-state index in [0.717, 1.165) is 11.6 Å². The minimum absolute atomic E-state index is 0.292. The summed E-state index contributed by atoms with van der Waals surface area (Å²) in [5.41, 5.74) is 2.30. The SMILES string of the molecule is CC(C)c1ccc(C(Cl)c2ccc(F)cc2F)cc1. The highest BCUT2D eigenvalue weighted by molar-refractivity contribution is 6.22. The third kappa shape index (κ3) is 3.13. The first kappa shape index (κ1) is 14.0. The van der Waals surface area contributed by atoms with Crippen molar-refractivity contribution in [3.8, 4) is 0 Å². The molecular weight excluding hydrogens is 266 g/mol. The summed E-state index contributed by atoms with van der Waals surface area (Å²) in [5.74, 6) is -0.779. The van der Waals surface area contributed by atoms with Crippen LogP contribution in [0, 0.1) is 11.6 Å². The van der Waals surface area contributed by atoms with Crippen molar-refractivity contribution in [3.63, 3.8) is 0 Å². The summed E-state index contributed by atoms with van der Waals surface area (Å²) in [6, 6.07) is 11.2. The summed E-state index contributed by atoms with van der Waals surface area (Å²) in [4.78, 5) is 0. The molecule has 0 radical (unpaired) electrons. The van der Waals surface area contributed by atoms with Gasteiger partial charge < -0.3 is 0 Å². The normalized spacial score (nSPS) is 12.7. The van der Waals surface area contributed by atoms with Gasteiger partial charge in [0.25, 0.3) is 0 Å². The molecule has 0 amide bonds. The number of hydrogen-bond donors (Lipinski definition) is 0. The Morgan fingerprint density at radius 3 is 2.00 bits per heavy atom. The lowest BCUT2D eigenvalue weighted by Gasteiger charge is -2.13. The molecule has 0 aromatic heterocycles. The van der Waals surface area contributed by atoms with Crippen molar-refractivity contribution in [1.82, 2.24) is 0 Å². The van der Waals surface area contributed by atoms with E-state index in [-0.39, 0.29) is 0 Å². The van der Waals surface area contributed by atoms with E-state index in [1.807, 2.05) is 24.3 Å². The molecule has 0 aliphatic carbocycles. The zero-order valence-electron chi connectivity index (χ0n) is 10.8. The molecule has 0 bridgehead atoms. The molecule has 0 aliphatic heterocycles. The average Bonchev–Trinajstić information content (AvgIpc) is 2.38. The Balaban J connectivity index is 2.30. The van der Waals surface area contributed by atoms with Gasteiger partial charge in [-0.3, -0.25) is 0 Å². The number of halogens is 3. The second-order valence-electron chi connectivity index (χ2n) is 4.85. The van der Waals surface area contributed by atoms with Crippen LogP contribution in [-0.4, -0.2) is 0 Å². The van der Waals surface area contributed by atoms with Crippen LogP contribution in [0.15, 0.2) is 42.5 Å². The topological polar surface area (TPSA) is 0 Å². The van der Waals surface area contributed by atoms with Crippen LogP contribution in [0.4, 0.5) is 8.78 Å². The molecule has 0 saturated heterocycles. The average molecular weight is 281 g/mol. The van der Waals surface area contributed by atoms with E-state index in [1.165, 1.54) is 17.7 Å². The van der Waals surface area contributed by atoms with Gasteiger partial charge in [-0.25, -0.2) is 8.78 Å². The lowest BCUT2D eigenvalue weighted by Crippen LogP contribution is -1.98. The van der Waals surface area contributed by atoms with E-state index in [0.29, 0.717) is 11.5 Å². The van der Waals surface area contributed by atoms with Gasteiger partial charge in [0.05, 0.1) is 5.38 Å². The van der Waals surface area contributed by atoms with E-state index in [9.17, 15) is 8.78 Å². The number of hydrogen-bond acceptors (Lipinski definition) is 0. The summed E-state index contributed by atoms with van der Waals surface area (Å²) in [6.45, 7) is 4.21. The molecule has 1 atom stereocenters. The standard InChI is InChI=1S/C16H15ClF2/c1-10(2)11-3-5-12(6-4-11)16(17)14-8-7-13(18)9-15(14)19/h3-10,16H,1-2H3. The van der Waals surface area contributed by atoms with Gasteiger partial charge in [-0.2, -0.15) is 0 Å². The Kier molecular flexibility index (Phi) is 4.20. The monoisotopic (exact) mass is 280 g/mol. The predicted octanol–water partition coefficient (Wildman–Crippen LogP) is 5.42. The van der Waals surface area contributed by atoms with E-state index in [4.69, 9.17) is 11.6 Å². The van der Waals surface area contributed by atoms with Crippen molar-refractivity contribution in [2.24, 2.45) is 0 Å². The predicted molar refractivity (Wildman–Crippen MR) is 74.6 cm³/mol. The fourth-order valence-electron chi connectivity index (χ4n) is 1.94. The highest BCUT2D eigenvalue weighted by Crippen LogP contribution is 2.31. The van der Waals surface area contributed by atoms with Crippen molar-refractivity contribution in [2.45, 2.75) is 25.1 Å². The molecule has 0 saturated carbocycles. The molecule has 0 spiro atoms. The molecule has 3 heteroatoms. The molecular formula is C16H15ClF2. The van der Waals surface area contributed by atoms with Gasteiger partial charge in [0.1, 0.15) is 11.6 Å². The zero-order chi connectivity index (χ0) is 14.0. The third-order valence-electron chi connectivity index (χ3n) is 3.13. The highest BCUT2D eigenvalue weighted by Gasteiger charge is 2.16. The minimum atomic E-state index is -0.618. The fourth-order valence-corrected chi connectivity index (χ4v) is 2.26. The molecule has 100 valence electrons. The van der Waals surface area contributed by atoms with Gasteiger partial charge in [-0.1, -0.05) is 44.2 Å². The maximum atomic E-state index is 13.7. The van der Waals surface area contributed by atoms with Gasteiger partial charge in [-0.05, 0) is 23.1 Å². The van der Waals surface area contributed by atoms with E-state index < -0.39 is 17.0 Å². The largest absolute Gasteiger partial charge is 0.207 e. The summed E-state index contributed by atoms with van der Waals surface area (Å²) < 4.78 is 26.5. The van der Waals surface area contributed by atoms with E-state index in [2.05, 4.69) is 13.8 Å². The lowest BCUT2D eigenvalue weighted by atomic mass is 9.98. The van der Waals surface area contributed by atoms with Gasteiger partial charge in [0.2, 0.25) is 0 Å². The van der Waals surface area contributed by atoms with Crippen LogP contribution in [0.1, 0.15) is 41.8 Å². The first-order chi connectivity index (χ1) is 8.99. The maximum Gasteiger partial charge on any atom is 0.131 e. The molecule has 0 fully saturated rings. The smallest absolute Gasteiger partial charge is 0.131 e. The van der Waals surface area contributed by atoms with Gasteiger partial charge in [0, 0.05) is 11.6 Å². The molecule has 2 rings (SSSR count). The van der Waals surface area contributed by atoms with Crippen molar-refractivity contribution in [2.75, 3.05) is 0 Å². The molecule has 1 unspecified atom stereocenters. The number of rotatable bonds is 3. The van der Waals surface area contributed by atoms with Crippen LogP contribution < -0.4 is 0 Å². The van der Waals surface area contributed by atoms with Crippen LogP contribution in [-0.2, 0) is 0 Å². The van der Waals surface area contributed by atoms with Gasteiger partial charge in [-0.15, -0.1) is 11.6 Å². The Morgan fingerprint density at radius 2 is 1.47 bits per heavy atom. The molecule has 0 heterocycles. The minimum Gasteiger partial charge on any atom is -0.207 e. The van der Waals surface area contributed by atoms with Crippen LogP contribution in [0.5, 0.6) is 0 Å². The van der Waals surface area contributed by atoms with Crippen molar-refractivity contribution in [3.05, 3.63) is 70.8 Å². The third-order valence-corrected chi connectivity index (χ3v) is 3.62. The summed E-state index contributed by atoms with van der Waals surface area (Å²) in [7, 11) is 0. The second kappa shape index (κ2) is 5.70. The Bertz CT molecular complexity index is 561. The molecule has 0 N–H and O–H groups in total. The Morgan fingerprint density at radius 1 is 0.895 bits per heavy atom. The van der Waals surface area contributed by atoms with Crippen LogP contribution in [0.3, 0.4) is 0 Å². The fraction of sp³-hybridized carbons (Fsp3) is 0.250. The van der Waals surface area contributed by atoms with Gasteiger partial charge >= 0.3 is 0 Å². The van der Waals surface area contributed by atoms with Crippen molar-refractivity contribution in [1.29, 1.82) is 0 Å². The maximum absolute atomic E-state index is 13.7. The summed E-state index contributed by atoms with van der Waals surface area (Å²) in [6.07, 6.45) is 0. The van der Waals surface area contributed by atoms with Crippen LogP contribution in [0.2, 0.25) is 0 Å². The first-order valence-electron chi connectivity index (χ1n) is 6.18. The van der Waals surface area contributed by atoms with Gasteiger partial charge in [0.15, 0.2) is 0 Å². The summed E-state index contributed by atoms with van der Waals surface area (Å²) in [5, 5.41) is -0.609. The van der Waals surface area contributed by atoms with Crippen molar-refractivity contribution >= 4 is 11.6 Å². The first-order valence-corrected chi connectivity index (χ1v) is 6.61. The number of benzene rings is 2.